The van der Waals surface area contributed by atoms with Crippen LogP contribution in [0, 0.1) is 0 Å². The average Bonchev–Trinajstić information content (AvgIpc) is 3.29. The molecule has 0 spiro atoms. The Morgan fingerprint density at radius 1 is 1.42 bits per heavy atom. The van der Waals surface area contributed by atoms with Crippen molar-refractivity contribution < 1.29 is 9.32 Å². The number of nitrogens with zero attached hydrogens (tertiary/aromatic N) is 5. The van der Waals surface area contributed by atoms with Gasteiger partial charge < -0.3 is 19.2 Å². The third kappa shape index (κ3) is 4.68. The number of carbonyl (C=O) groups excluding carboxylic acids is 1. The van der Waals surface area contributed by atoms with Crippen molar-refractivity contribution in [1.82, 2.24) is 24.8 Å². The number of hydrogen-bond donors (Lipinski definition) is 0. The molecule has 1 aliphatic rings. The summed E-state index contributed by atoms with van der Waals surface area (Å²) in [6.45, 7) is 3.41. The molecule has 0 aliphatic carbocycles. The Balaban J connectivity index is 1.48. The van der Waals surface area contributed by atoms with E-state index in [1.807, 2.05) is 18.2 Å². The van der Waals surface area contributed by atoms with E-state index in [1.165, 1.54) is 6.42 Å². The maximum Gasteiger partial charge on any atom is 0.224 e. The Morgan fingerprint density at radius 2 is 2.27 bits per heavy atom. The van der Waals surface area contributed by atoms with Crippen molar-refractivity contribution in [2.24, 2.45) is 0 Å². The van der Waals surface area contributed by atoms with Crippen LogP contribution in [0.25, 0.3) is 11.3 Å². The fraction of sp³-hybridized carbons (Fsp3) is 0.526. The van der Waals surface area contributed by atoms with Crippen molar-refractivity contribution in [2.75, 3.05) is 40.8 Å². The highest BCUT2D eigenvalue weighted by atomic mass is 16.5. The molecule has 0 saturated carbocycles. The van der Waals surface area contributed by atoms with Gasteiger partial charge in [-0.25, -0.2) is 0 Å². The van der Waals surface area contributed by atoms with Gasteiger partial charge in [-0.05, 0) is 39.2 Å². The minimum Gasteiger partial charge on any atom is -0.359 e. The summed E-state index contributed by atoms with van der Waals surface area (Å²) in [5, 5.41) is 4.07. The van der Waals surface area contributed by atoms with E-state index in [9.17, 15) is 4.79 Å². The lowest BCUT2D eigenvalue weighted by Gasteiger charge is -2.25. The third-order valence-electron chi connectivity index (χ3n) is 5.00. The molecule has 140 valence electrons. The van der Waals surface area contributed by atoms with Crippen LogP contribution in [-0.2, 0) is 11.3 Å². The van der Waals surface area contributed by atoms with Gasteiger partial charge in [0, 0.05) is 56.6 Å². The highest BCUT2D eigenvalue weighted by Crippen LogP contribution is 2.18. The second kappa shape index (κ2) is 8.42. The fourth-order valence-corrected chi connectivity index (χ4v) is 3.28. The van der Waals surface area contributed by atoms with Crippen LogP contribution in [0.15, 0.2) is 35.1 Å². The van der Waals surface area contributed by atoms with Crippen molar-refractivity contribution in [3.63, 3.8) is 0 Å². The highest BCUT2D eigenvalue weighted by molar-refractivity contribution is 5.76. The van der Waals surface area contributed by atoms with Gasteiger partial charge in [0.05, 0.1) is 6.54 Å². The van der Waals surface area contributed by atoms with E-state index in [4.69, 9.17) is 4.52 Å². The number of pyridine rings is 1. The molecule has 2 aromatic rings. The summed E-state index contributed by atoms with van der Waals surface area (Å²) in [7, 11) is 6.05. The fourth-order valence-electron chi connectivity index (χ4n) is 3.28. The van der Waals surface area contributed by atoms with Gasteiger partial charge in [0.25, 0.3) is 0 Å². The smallest absolute Gasteiger partial charge is 0.224 e. The second-order valence-electron chi connectivity index (χ2n) is 7.11. The molecular weight excluding hydrogens is 330 g/mol. The van der Waals surface area contributed by atoms with Gasteiger partial charge in [-0.1, -0.05) is 5.16 Å². The summed E-state index contributed by atoms with van der Waals surface area (Å²) in [5.74, 6) is 0.785. The molecule has 1 fully saturated rings. The van der Waals surface area contributed by atoms with E-state index < -0.39 is 0 Å². The van der Waals surface area contributed by atoms with Gasteiger partial charge in [-0.2, -0.15) is 0 Å². The van der Waals surface area contributed by atoms with Crippen molar-refractivity contribution in [3.05, 3.63) is 36.4 Å². The molecule has 1 atom stereocenters. The van der Waals surface area contributed by atoms with Crippen LogP contribution in [0.4, 0.5) is 0 Å². The van der Waals surface area contributed by atoms with Gasteiger partial charge >= 0.3 is 0 Å². The van der Waals surface area contributed by atoms with E-state index in [2.05, 4.69) is 34.0 Å². The first-order valence-electron chi connectivity index (χ1n) is 9.01. The molecule has 1 aliphatic heterocycles. The summed E-state index contributed by atoms with van der Waals surface area (Å²) in [4.78, 5) is 22.8. The molecule has 0 radical (unpaired) electrons. The van der Waals surface area contributed by atoms with Crippen LogP contribution in [0.3, 0.4) is 0 Å². The Kier molecular flexibility index (Phi) is 6.00. The Labute approximate surface area is 154 Å². The zero-order chi connectivity index (χ0) is 18.5. The van der Waals surface area contributed by atoms with Crippen LogP contribution in [0.1, 0.15) is 18.6 Å². The lowest BCUT2D eigenvalue weighted by Crippen LogP contribution is -2.37. The first-order valence-corrected chi connectivity index (χ1v) is 9.01. The molecule has 0 bridgehead atoms. The summed E-state index contributed by atoms with van der Waals surface area (Å²) in [6.07, 6.45) is 5.15. The monoisotopic (exact) mass is 357 g/mol. The number of likely N-dealkylation sites (N-methyl/N-ethyl adjacent to an activating group) is 2. The molecule has 1 amide bonds. The minimum absolute atomic E-state index is 0.113. The Hall–Kier alpha value is -2.25. The molecule has 26 heavy (non-hydrogen) atoms. The molecule has 7 nitrogen and oxygen atoms in total. The lowest BCUT2D eigenvalue weighted by atomic mass is 10.2. The van der Waals surface area contributed by atoms with Crippen LogP contribution in [0.2, 0.25) is 0 Å². The molecule has 7 heteroatoms. The maximum atomic E-state index is 12.4. The molecule has 2 aromatic heterocycles. The number of carbonyl (C=O) groups is 1. The van der Waals surface area contributed by atoms with Gasteiger partial charge in [0.1, 0.15) is 5.69 Å². The number of aromatic nitrogens is 2. The minimum atomic E-state index is 0.113. The van der Waals surface area contributed by atoms with E-state index in [0.29, 0.717) is 24.8 Å². The van der Waals surface area contributed by atoms with E-state index >= 15 is 0 Å². The van der Waals surface area contributed by atoms with Gasteiger partial charge in [-0.3, -0.25) is 9.78 Å². The molecular formula is C19H27N5O2. The van der Waals surface area contributed by atoms with Crippen molar-refractivity contribution in [1.29, 1.82) is 0 Å². The normalized spacial score (nSPS) is 17.8. The third-order valence-corrected chi connectivity index (χ3v) is 5.00. The zero-order valence-electron chi connectivity index (χ0n) is 15.8. The van der Waals surface area contributed by atoms with Gasteiger partial charge in [-0.15, -0.1) is 0 Å². The topological polar surface area (TPSA) is 65.7 Å². The molecule has 3 rings (SSSR count). The van der Waals surface area contributed by atoms with E-state index in [1.54, 1.807) is 24.3 Å². The quantitative estimate of drug-likeness (QED) is 0.752. The van der Waals surface area contributed by atoms with Crippen molar-refractivity contribution >= 4 is 5.91 Å². The Morgan fingerprint density at radius 3 is 2.96 bits per heavy atom. The van der Waals surface area contributed by atoms with Crippen LogP contribution >= 0.6 is 0 Å². The molecule has 3 heterocycles. The predicted octanol–water partition coefficient (Wildman–Crippen LogP) is 1.72. The molecule has 0 N–H and O–H groups in total. The van der Waals surface area contributed by atoms with E-state index in [0.717, 1.165) is 30.9 Å². The molecule has 1 saturated heterocycles. The SMILES string of the molecule is CN1CC[C@@H](N(C)CCC(=O)N(C)Cc2cc(-c3cccnc3)no2)C1. The first-order chi connectivity index (χ1) is 12.5. The number of amides is 1. The average molecular weight is 357 g/mol. The standard InChI is InChI=1S/C19H27N5O2/c1-22-9-6-16(13-22)23(2)10-7-19(25)24(3)14-17-11-18(21-26-17)15-5-4-8-20-12-15/h4-5,8,11-12,16H,6-7,9-10,13-14H2,1-3H3/t16-/m1/s1. The summed E-state index contributed by atoms with van der Waals surface area (Å²) < 4.78 is 5.37. The zero-order valence-corrected chi connectivity index (χ0v) is 15.8. The number of hydrogen-bond acceptors (Lipinski definition) is 6. The number of rotatable bonds is 7. The van der Waals surface area contributed by atoms with Crippen molar-refractivity contribution in [3.8, 4) is 11.3 Å². The maximum absolute atomic E-state index is 12.4. The first kappa shape index (κ1) is 18.5. The second-order valence-corrected chi connectivity index (χ2v) is 7.11. The molecule has 0 aromatic carbocycles. The van der Waals surface area contributed by atoms with Gasteiger partial charge in [0.2, 0.25) is 5.91 Å². The predicted molar refractivity (Wildman–Crippen MR) is 99.4 cm³/mol. The molecule has 0 unspecified atom stereocenters. The largest absolute Gasteiger partial charge is 0.359 e. The van der Waals surface area contributed by atoms with Crippen LogP contribution < -0.4 is 0 Å². The summed E-state index contributed by atoms with van der Waals surface area (Å²) >= 11 is 0. The van der Waals surface area contributed by atoms with Crippen LogP contribution in [0.5, 0.6) is 0 Å². The Bertz CT molecular complexity index is 718. The van der Waals surface area contributed by atoms with Crippen molar-refractivity contribution in [2.45, 2.75) is 25.4 Å². The summed E-state index contributed by atoms with van der Waals surface area (Å²) in [5.41, 5.74) is 1.64. The highest BCUT2D eigenvalue weighted by Gasteiger charge is 2.23. The number of likely N-dealkylation sites (tertiary alicyclic amines) is 1. The lowest BCUT2D eigenvalue weighted by molar-refractivity contribution is -0.131. The summed E-state index contributed by atoms with van der Waals surface area (Å²) in [6, 6.07) is 6.20. The van der Waals surface area contributed by atoms with Crippen LogP contribution in [-0.4, -0.2) is 77.6 Å². The van der Waals surface area contributed by atoms with E-state index in [-0.39, 0.29) is 5.91 Å². The van der Waals surface area contributed by atoms with Gasteiger partial charge in [0.15, 0.2) is 5.76 Å².